The predicted octanol–water partition coefficient (Wildman–Crippen LogP) is 0.585. The lowest BCUT2D eigenvalue weighted by Crippen LogP contribution is -2.40. The zero-order valence-electron chi connectivity index (χ0n) is 9.13. The van der Waals surface area contributed by atoms with Crippen LogP contribution in [-0.4, -0.2) is 47.8 Å². The Morgan fingerprint density at radius 1 is 1.36 bits per heavy atom. The minimum Gasteiger partial charge on any atom is -0.390 e. The van der Waals surface area contributed by atoms with Crippen LogP contribution in [0.4, 0.5) is 0 Å². The summed E-state index contributed by atoms with van der Waals surface area (Å²) in [6.45, 7) is 6.19. The molecule has 2 fully saturated rings. The van der Waals surface area contributed by atoms with Gasteiger partial charge >= 0.3 is 0 Å². The Hall–Kier alpha value is -0.120. The third kappa shape index (κ3) is 2.94. The molecule has 2 aliphatic rings. The molecule has 1 aliphatic heterocycles. The summed E-state index contributed by atoms with van der Waals surface area (Å²) in [6, 6.07) is 0. The van der Waals surface area contributed by atoms with Gasteiger partial charge in [-0.1, -0.05) is 0 Å². The molecule has 1 aliphatic carbocycles. The van der Waals surface area contributed by atoms with Crippen molar-refractivity contribution in [3.8, 4) is 0 Å². The van der Waals surface area contributed by atoms with E-state index >= 15 is 0 Å². The summed E-state index contributed by atoms with van der Waals surface area (Å²) < 4.78 is 0. The molecule has 0 aromatic rings. The average molecular weight is 198 g/mol. The van der Waals surface area contributed by atoms with Crippen LogP contribution in [0.5, 0.6) is 0 Å². The first-order chi connectivity index (χ1) is 6.68. The van der Waals surface area contributed by atoms with Crippen LogP contribution in [0.25, 0.3) is 0 Å². The Morgan fingerprint density at radius 3 is 2.57 bits per heavy atom. The van der Waals surface area contributed by atoms with Crippen molar-refractivity contribution in [2.45, 2.75) is 44.2 Å². The highest BCUT2D eigenvalue weighted by Gasteiger charge is 2.36. The molecule has 0 bridgehead atoms. The number of rotatable bonds is 5. The maximum atomic E-state index is 9.80. The third-order valence-electron chi connectivity index (χ3n) is 3.43. The van der Waals surface area contributed by atoms with E-state index in [9.17, 15) is 5.11 Å². The molecule has 3 nitrogen and oxygen atoms in total. The molecule has 1 atom stereocenters. The number of likely N-dealkylation sites (tertiary alicyclic amines) is 1. The van der Waals surface area contributed by atoms with Crippen molar-refractivity contribution in [3.05, 3.63) is 0 Å². The van der Waals surface area contributed by atoms with E-state index in [0.29, 0.717) is 5.54 Å². The zero-order chi connectivity index (χ0) is 10.0. The van der Waals surface area contributed by atoms with Gasteiger partial charge in [0, 0.05) is 18.6 Å². The van der Waals surface area contributed by atoms with Crippen LogP contribution in [0.3, 0.4) is 0 Å². The second-order valence-electron chi connectivity index (χ2n) is 5.10. The van der Waals surface area contributed by atoms with Gasteiger partial charge in [0.1, 0.15) is 0 Å². The molecule has 0 aromatic carbocycles. The summed E-state index contributed by atoms with van der Waals surface area (Å²) in [4.78, 5) is 2.36. The Balaban J connectivity index is 1.60. The van der Waals surface area contributed by atoms with Crippen molar-refractivity contribution in [3.63, 3.8) is 0 Å². The fraction of sp³-hybridized carbons (Fsp3) is 1.00. The fourth-order valence-corrected chi connectivity index (χ4v) is 2.06. The number of aliphatic hydroxyl groups excluding tert-OH is 1. The van der Waals surface area contributed by atoms with E-state index in [4.69, 9.17) is 0 Å². The lowest BCUT2D eigenvalue weighted by Gasteiger charge is -2.21. The van der Waals surface area contributed by atoms with Gasteiger partial charge in [0.2, 0.25) is 0 Å². The predicted molar refractivity (Wildman–Crippen MR) is 57.3 cm³/mol. The quantitative estimate of drug-likeness (QED) is 0.678. The molecule has 2 N–H and O–H groups in total. The van der Waals surface area contributed by atoms with Gasteiger partial charge in [0.05, 0.1) is 6.10 Å². The van der Waals surface area contributed by atoms with E-state index in [1.165, 1.54) is 38.8 Å². The molecule has 0 amide bonds. The highest BCUT2D eigenvalue weighted by atomic mass is 16.3. The highest BCUT2D eigenvalue weighted by molar-refractivity contribution is 4.97. The maximum absolute atomic E-state index is 9.80. The topological polar surface area (TPSA) is 35.5 Å². The van der Waals surface area contributed by atoms with Crippen LogP contribution in [0, 0.1) is 0 Å². The SMILES string of the molecule is CC1(NCC(O)CN2CCCC2)CC1. The summed E-state index contributed by atoms with van der Waals surface area (Å²) in [6.07, 6.45) is 4.95. The van der Waals surface area contributed by atoms with Gasteiger partial charge in [0.15, 0.2) is 0 Å². The summed E-state index contributed by atoms with van der Waals surface area (Å²) in [5.41, 5.74) is 0.353. The second kappa shape index (κ2) is 4.17. The van der Waals surface area contributed by atoms with E-state index in [1.807, 2.05) is 0 Å². The molecule has 3 heteroatoms. The Kier molecular flexibility index (Phi) is 3.10. The van der Waals surface area contributed by atoms with Gasteiger partial charge in [-0.3, -0.25) is 0 Å². The summed E-state index contributed by atoms with van der Waals surface area (Å²) in [5, 5.41) is 13.2. The van der Waals surface area contributed by atoms with Crippen molar-refractivity contribution < 1.29 is 5.11 Å². The molecular weight excluding hydrogens is 176 g/mol. The van der Waals surface area contributed by atoms with E-state index in [0.717, 1.165) is 13.1 Å². The minimum absolute atomic E-state index is 0.189. The van der Waals surface area contributed by atoms with E-state index < -0.39 is 0 Å². The molecule has 0 spiro atoms. The molecule has 14 heavy (non-hydrogen) atoms. The Bertz CT molecular complexity index is 186. The average Bonchev–Trinajstić information content (AvgIpc) is 2.67. The van der Waals surface area contributed by atoms with Gasteiger partial charge in [-0.25, -0.2) is 0 Å². The van der Waals surface area contributed by atoms with Crippen molar-refractivity contribution in [2.75, 3.05) is 26.2 Å². The first-order valence-electron chi connectivity index (χ1n) is 5.83. The van der Waals surface area contributed by atoms with E-state index in [-0.39, 0.29) is 6.10 Å². The van der Waals surface area contributed by atoms with Crippen LogP contribution in [0.15, 0.2) is 0 Å². The molecule has 0 aromatic heterocycles. The van der Waals surface area contributed by atoms with Gasteiger partial charge in [-0.05, 0) is 45.7 Å². The molecule has 0 radical (unpaired) electrons. The fourth-order valence-electron chi connectivity index (χ4n) is 2.06. The Labute approximate surface area is 86.5 Å². The molecule has 1 saturated heterocycles. The molecule has 1 unspecified atom stereocenters. The molecule has 1 heterocycles. The van der Waals surface area contributed by atoms with Crippen LogP contribution in [0.1, 0.15) is 32.6 Å². The van der Waals surface area contributed by atoms with Crippen molar-refractivity contribution >= 4 is 0 Å². The number of aliphatic hydroxyl groups is 1. The first-order valence-corrected chi connectivity index (χ1v) is 5.83. The summed E-state index contributed by atoms with van der Waals surface area (Å²) >= 11 is 0. The summed E-state index contributed by atoms with van der Waals surface area (Å²) in [5.74, 6) is 0. The van der Waals surface area contributed by atoms with Crippen LogP contribution in [-0.2, 0) is 0 Å². The van der Waals surface area contributed by atoms with E-state index in [1.54, 1.807) is 0 Å². The standard InChI is InChI=1S/C11H22N2O/c1-11(4-5-11)12-8-10(14)9-13-6-2-3-7-13/h10,12,14H,2-9H2,1H3. The van der Waals surface area contributed by atoms with Gasteiger partial charge in [-0.2, -0.15) is 0 Å². The second-order valence-corrected chi connectivity index (χ2v) is 5.10. The monoisotopic (exact) mass is 198 g/mol. The minimum atomic E-state index is -0.189. The molecular formula is C11H22N2O. The summed E-state index contributed by atoms with van der Waals surface area (Å²) in [7, 11) is 0. The van der Waals surface area contributed by atoms with Crippen LogP contribution >= 0.6 is 0 Å². The van der Waals surface area contributed by atoms with Crippen molar-refractivity contribution in [2.24, 2.45) is 0 Å². The number of nitrogens with one attached hydrogen (secondary N) is 1. The highest BCUT2D eigenvalue weighted by Crippen LogP contribution is 2.33. The molecule has 2 rings (SSSR count). The van der Waals surface area contributed by atoms with Gasteiger partial charge in [0.25, 0.3) is 0 Å². The number of nitrogens with zero attached hydrogens (tertiary/aromatic N) is 1. The Morgan fingerprint density at radius 2 is 2.00 bits per heavy atom. The molecule has 82 valence electrons. The first kappa shape index (κ1) is 10.4. The lowest BCUT2D eigenvalue weighted by molar-refractivity contribution is 0.120. The van der Waals surface area contributed by atoms with Crippen LogP contribution in [0.2, 0.25) is 0 Å². The number of hydrogen-bond acceptors (Lipinski definition) is 3. The van der Waals surface area contributed by atoms with Crippen molar-refractivity contribution in [1.29, 1.82) is 0 Å². The van der Waals surface area contributed by atoms with Gasteiger partial charge < -0.3 is 15.3 Å². The zero-order valence-corrected chi connectivity index (χ0v) is 9.13. The largest absolute Gasteiger partial charge is 0.390 e. The maximum Gasteiger partial charge on any atom is 0.0791 e. The van der Waals surface area contributed by atoms with Crippen molar-refractivity contribution in [1.82, 2.24) is 10.2 Å². The third-order valence-corrected chi connectivity index (χ3v) is 3.43. The molecule has 1 saturated carbocycles. The van der Waals surface area contributed by atoms with E-state index in [2.05, 4.69) is 17.1 Å². The number of β-amino-alcohol motifs (C(OH)–C–C–N with tert-alkyl or cyclic N) is 1. The number of hydrogen-bond donors (Lipinski definition) is 2. The smallest absolute Gasteiger partial charge is 0.0791 e. The lowest BCUT2D eigenvalue weighted by atomic mass is 10.2. The van der Waals surface area contributed by atoms with Gasteiger partial charge in [-0.15, -0.1) is 0 Å². The normalized spacial score (nSPS) is 27.9. The van der Waals surface area contributed by atoms with Crippen LogP contribution < -0.4 is 5.32 Å².